The highest BCUT2D eigenvalue weighted by Crippen LogP contribution is 2.47. The Balaban J connectivity index is 1.34. The Bertz CT molecular complexity index is 1090. The minimum absolute atomic E-state index is 0.0502. The van der Waals surface area contributed by atoms with Gasteiger partial charge < -0.3 is 14.8 Å². The zero-order valence-corrected chi connectivity index (χ0v) is 21.3. The lowest BCUT2D eigenvalue weighted by Crippen LogP contribution is -2.53. The van der Waals surface area contributed by atoms with Crippen molar-refractivity contribution < 1.29 is 18.7 Å². The summed E-state index contributed by atoms with van der Waals surface area (Å²) in [6.45, 7) is 12.1. The van der Waals surface area contributed by atoms with Gasteiger partial charge in [-0.25, -0.2) is 9.18 Å². The Kier molecular flexibility index (Phi) is 6.51. The number of amides is 1. The van der Waals surface area contributed by atoms with E-state index in [1.807, 2.05) is 30.3 Å². The molecule has 3 fully saturated rings. The summed E-state index contributed by atoms with van der Waals surface area (Å²) >= 11 is 0. The molecule has 3 aliphatic heterocycles. The van der Waals surface area contributed by atoms with Gasteiger partial charge in [0, 0.05) is 12.1 Å². The van der Waals surface area contributed by atoms with Crippen molar-refractivity contribution in [3.63, 3.8) is 0 Å². The molecule has 3 saturated heterocycles. The van der Waals surface area contributed by atoms with E-state index in [2.05, 4.69) is 37.9 Å². The molecule has 1 N–H and O–H groups in total. The van der Waals surface area contributed by atoms with Gasteiger partial charge in [-0.15, -0.1) is 0 Å². The van der Waals surface area contributed by atoms with E-state index in [1.54, 1.807) is 6.07 Å². The van der Waals surface area contributed by atoms with Crippen LogP contribution in [0.15, 0.2) is 36.4 Å². The molecule has 5 nitrogen and oxygen atoms in total. The Morgan fingerprint density at radius 2 is 1.97 bits per heavy atom. The maximum atomic E-state index is 15.4. The van der Waals surface area contributed by atoms with Crippen LogP contribution in [0.25, 0.3) is 11.1 Å². The van der Waals surface area contributed by atoms with E-state index in [0.717, 1.165) is 61.3 Å². The highest BCUT2D eigenvalue weighted by Gasteiger charge is 2.42. The number of nitrogens with zero attached hydrogens (tertiary/aromatic N) is 1. The van der Waals surface area contributed by atoms with Crippen molar-refractivity contribution in [3.8, 4) is 16.9 Å². The number of hydrogen-bond acceptors (Lipinski definition) is 4. The molecule has 6 heteroatoms. The molecule has 2 aromatic rings. The molecule has 2 atom stereocenters. The Morgan fingerprint density at radius 3 is 2.66 bits per heavy atom. The molecule has 1 aliphatic carbocycles. The third-order valence-electron chi connectivity index (χ3n) is 7.81. The second kappa shape index (κ2) is 9.45. The minimum atomic E-state index is -0.394. The third-order valence-corrected chi connectivity index (χ3v) is 7.81. The van der Waals surface area contributed by atoms with Crippen molar-refractivity contribution in [1.82, 2.24) is 10.2 Å². The van der Waals surface area contributed by atoms with E-state index in [0.29, 0.717) is 24.0 Å². The first-order chi connectivity index (χ1) is 16.7. The van der Waals surface area contributed by atoms with Crippen LogP contribution < -0.4 is 10.1 Å². The topological polar surface area (TPSA) is 50.8 Å². The maximum Gasteiger partial charge on any atom is 0.407 e. The average molecular weight is 481 g/mol. The number of ether oxygens (including phenoxy) is 2. The standard InChI is InChI=1S/C29H37FN2O3/c1-18(2)17-34-22-7-5-6-20(12-22)23-13-21-15-29(3,4)27(24(21)14-25(23)30)31-28(33)35-26-16-32-10-8-19(26)9-11-32/h5-7,12-14,18-19,26-27H,8-11,15-17H2,1-4H3,(H,31,33)/t26-,27-/m0/s1. The van der Waals surface area contributed by atoms with Gasteiger partial charge in [0.25, 0.3) is 0 Å². The van der Waals surface area contributed by atoms with Gasteiger partial charge in [0.2, 0.25) is 0 Å². The fourth-order valence-corrected chi connectivity index (χ4v) is 5.91. The molecular weight excluding hydrogens is 443 g/mol. The number of carbonyl (C=O) groups is 1. The van der Waals surface area contributed by atoms with Gasteiger partial charge in [-0.2, -0.15) is 0 Å². The number of piperidine rings is 3. The molecule has 0 aromatic heterocycles. The maximum absolute atomic E-state index is 15.4. The van der Waals surface area contributed by atoms with Crippen LogP contribution in [0.3, 0.4) is 0 Å². The van der Waals surface area contributed by atoms with Crippen molar-refractivity contribution in [1.29, 1.82) is 0 Å². The summed E-state index contributed by atoms with van der Waals surface area (Å²) in [4.78, 5) is 15.3. The Labute approximate surface area is 208 Å². The average Bonchev–Trinajstić information content (AvgIpc) is 3.06. The predicted octanol–water partition coefficient (Wildman–Crippen LogP) is 5.97. The van der Waals surface area contributed by atoms with Crippen LogP contribution >= 0.6 is 0 Å². The molecule has 0 spiro atoms. The van der Waals surface area contributed by atoms with Gasteiger partial charge in [0.1, 0.15) is 17.7 Å². The first kappa shape index (κ1) is 24.1. The van der Waals surface area contributed by atoms with Crippen molar-refractivity contribution in [2.45, 2.75) is 59.1 Å². The van der Waals surface area contributed by atoms with Crippen LogP contribution in [0.5, 0.6) is 5.75 Å². The highest BCUT2D eigenvalue weighted by atomic mass is 19.1. The molecule has 0 radical (unpaired) electrons. The summed E-state index contributed by atoms with van der Waals surface area (Å²) in [7, 11) is 0. The molecule has 35 heavy (non-hydrogen) atoms. The molecule has 2 aromatic carbocycles. The lowest BCUT2D eigenvalue weighted by Gasteiger charge is -2.44. The van der Waals surface area contributed by atoms with Gasteiger partial charge in [-0.3, -0.25) is 4.90 Å². The second-order valence-electron chi connectivity index (χ2n) is 11.6. The van der Waals surface area contributed by atoms with Crippen LogP contribution in [0, 0.1) is 23.1 Å². The number of rotatable bonds is 6. The predicted molar refractivity (Wildman–Crippen MR) is 135 cm³/mol. The fourth-order valence-electron chi connectivity index (χ4n) is 5.91. The van der Waals surface area contributed by atoms with Gasteiger partial charge in [0.05, 0.1) is 12.6 Å². The largest absolute Gasteiger partial charge is 0.493 e. The van der Waals surface area contributed by atoms with E-state index in [-0.39, 0.29) is 23.4 Å². The van der Waals surface area contributed by atoms with E-state index in [1.165, 1.54) is 0 Å². The zero-order chi connectivity index (χ0) is 24.7. The summed E-state index contributed by atoms with van der Waals surface area (Å²) in [6.07, 6.45) is 2.49. The lowest BCUT2D eigenvalue weighted by atomic mass is 9.85. The summed E-state index contributed by atoms with van der Waals surface area (Å²) in [6, 6.07) is 10.9. The zero-order valence-electron chi connectivity index (χ0n) is 21.3. The molecule has 0 unspecified atom stereocenters. The number of carbonyl (C=O) groups excluding carboxylic acids is 1. The molecule has 0 saturated carbocycles. The SMILES string of the molecule is CC(C)COc1cccc(-c2cc3c(cc2F)[C@H](NC(=O)O[C@H]2CN4CCC2CC4)C(C)(C)C3)c1. The van der Waals surface area contributed by atoms with Crippen molar-refractivity contribution in [2.24, 2.45) is 17.3 Å². The summed E-state index contributed by atoms with van der Waals surface area (Å²) < 4.78 is 27.1. The fraction of sp³-hybridized carbons (Fsp3) is 0.552. The minimum Gasteiger partial charge on any atom is -0.493 e. The number of nitrogens with one attached hydrogen (secondary N) is 1. The van der Waals surface area contributed by atoms with E-state index < -0.39 is 6.09 Å². The van der Waals surface area contributed by atoms with Crippen LogP contribution in [0.2, 0.25) is 0 Å². The highest BCUT2D eigenvalue weighted by molar-refractivity contribution is 5.71. The first-order valence-electron chi connectivity index (χ1n) is 12.9. The van der Waals surface area contributed by atoms with Crippen LogP contribution in [-0.4, -0.2) is 43.3 Å². The lowest BCUT2D eigenvalue weighted by molar-refractivity contribution is -0.0349. The van der Waals surface area contributed by atoms with Gasteiger partial charge in [0.15, 0.2) is 0 Å². The molecule has 188 valence electrons. The van der Waals surface area contributed by atoms with E-state index in [9.17, 15) is 4.79 Å². The Morgan fingerprint density at radius 1 is 1.20 bits per heavy atom. The molecule has 4 aliphatic rings. The molecule has 1 amide bonds. The van der Waals surface area contributed by atoms with Crippen molar-refractivity contribution in [2.75, 3.05) is 26.2 Å². The first-order valence-corrected chi connectivity index (χ1v) is 12.9. The quantitative estimate of drug-likeness (QED) is 0.553. The van der Waals surface area contributed by atoms with Crippen LogP contribution in [0.4, 0.5) is 9.18 Å². The van der Waals surface area contributed by atoms with Gasteiger partial charge in [-0.1, -0.05) is 39.8 Å². The summed E-state index contributed by atoms with van der Waals surface area (Å²) in [5, 5.41) is 3.09. The summed E-state index contributed by atoms with van der Waals surface area (Å²) in [5.74, 6) is 1.32. The van der Waals surface area contributed by atoms with E-state index in [4.69, 9.17) is 9.47 Å². The monoisotopic (exact) mass is 480 g/mol. The van der Waals surface area contributed by atoms with Crippen molar-refractivity contribution >= 4 is 6.09 Å². The molecule has 2 bridgehead atoms. The number of benzene rings is 2. The number of alkyl carbamates (subject to hydrolysis) is 1. The number of hydrogen-bond donors (Lipinski definition) is 1. The normalized spacial score (nSPS) is 26.5. The van der Waals surface area contributed by atoms with E-state index >= 15 is 4.39 Å². The van der Waals surface area contributed by atoms with Crippen LogP contribution in [-0.2, 0) is 11.2 Å². The summed E-state index contributed by atoms with van der Waals surface area (Å²) in [5.41, 5.74) is 3.01. The van der Waals surface area contributed by atoms with Crippen molar-refractivity contribution in [3.05, 3.63) is 53.3 Å². The van der Waals surface area contributed by atoms with Gasteiger partial charge in [-0.05, 0) is 90.6 Å². The number of fused-ring (bicyclic) bond motifs is 4. The third kappa shape index (κ3) is 5.04. The van der Waals surface area contributed by atoms with Crippen LogP contribution in [0.1, 0.15) is 57.7 Å². The molecule has 3 heterocycles. The molecule has 6 rings (SSSR count). The Hall–Kier alpha value is -2.60. The smallest absolute Gasteiger partial charge is 0.407 e. The molecular formula is C29H37FN2O3. The number of halogens is 1. The van der Waals surface area contributed by atoms with Gasteiger partial charge >= 0.3 is 6.09 Å². The second-order valence-corrected chi connectivity index (χ2v) is 11.6.